The molecular weight excluding hydrogens is 507 g/mol. The third-order valence-electron chi connectivity index (χ3n) is 7.42. The van der Waals surface area contributed by atoms with Gasteiger partial charge in [-0.2, -0.15) is 0 Å². The summed E-state index contributed by atoms with van der Waals surface area (Å²) in [5.74, 6) is 1.91. The lowest BCUT2D eigenvalue weighted by molar-refractivity contribution is -0.137. The maximum Gasteiger partial charge on any atom is 0.303 e. The van der Waals surface area contributed by atoms with Crippen molar-refractivity contribution in [1.29, 1.82) is 0 Å². The van der Waals surface area contributed by atoms with Crippen molar-refractivity contribution in [1.82, 2.24) is 0 Å². The summed E-state index contributed by atoms with van der Waals surface area (Å²) >= 11 is 0. The highest BCUT2D eigenvalue weighted by molar-refractivity contribution is 7.95. The van der Waals surface area contributed by atoms with E-state index < -0.39 is 13.2 Å². The van der Waals surface area contributed by atoms with Crippen molar-refractivity contribution >= 4 is 29.1 Å². The van der Waals surface area contributed by atoms with Crippen LogP contribution in [-0.4, -0.2) is 38.6 Å². The molecule has 3 aromatic rings. The summed E-state index contributed by atoms with van der Waals surface area (Å²) in [6.07, 6.45) is 11.6. The number of hydrogen-bond donors (Lipinski definition) is 1. The molecule has 6 heteroatoms. The molecule has 5 nitrogen and oxygen atoms in total. The van der Waals surface area contributed by atoms with Crippen molar-refractivity contribution < 1.29 is 24.1 Å². The number of rotatable bonds is 18. The summed E-state index contributed by atoms with van der Waals surface area (Å²) in [7, 11) is 3.19. The molecule has 0 bridgehead atoms. The van der Waals surface area contributed by atoms with E-state index in [1.165, 1.54) is 48.0 Å². The second-order valence-electron chi connectivity index (χ2n) is 9.95. The highest BCUT2D eigenvalue weighted by atomic mass is 31.2. The monoisotopic (exact) mass is 551 g/mol. The smallest absolute Gasteiger partial charge is 0.303 e. The summed E-state index contributed by atoms with van der Waals surface area (Å²) in [5.41, 5.74) is 0. The summed E-state index contributed by atoms with van der Waals surface area (Å²) in [5, 5.41) is 12.8. The van der Waals surface area contributed by atoms with Crippen LogP contribution in [0.5, 0.6) is 17.2 Å². The SMILES string of the molecule is COc1ccc([P+](CCCCCCCCCCCC(=O)O)(c2ccc(OC)cc2)c2ccc(OC)cc2)cc1. The predicted molar refractivity (Wildman–Crippen MR) is 163 cm³/mol. The van der Waals surface area contributed by atoms with Gasteiger partial charge in [0.05, 0.1) is 27.5 Å². The number of carbonyl (C=O) groups is 1. The van der Waals surface area contributed by atoms with Gasteiger partial charge in [-0.05, 0) is 92.1 Å². The number of ether oxygens (including phenoxy) is 3. The molecule has 1 N–H and O–H groups in total. The minimum absolute atomic E-state index is 0.293. The largest absolute Gasteiger partial charge is 0.497 e. The first kappa shape index (κ1) is 30.5. The molecule has 0 radical (unpaired) electrons. The second kappa shape index (κ2) is 16.2. The number of hydrogen-bond acceptors (Lipinski definition) is 4. The fourth-order valence-corrected chi connectivity index (χ4v) is 9.55. The lowest BCUT2D eigenvalue weighted by Gasteiger charge is -2.28. The Morgan fingerprint density at radius 3 is 1.15 bits per heavy atom. The first-order chi connectivity index (χ1) is 19.0. The zero-order valence-corrected chi connectivity index (χ0v) is 24.6. The molecule has 0 unspecified atom stereocenters. The van der Waals surface area contributed by atoms with E-state index in [2.05, 4.69) is 72.8 Å². The van der Waals surface area contributed by atoms with E-state index in [9.17, 15) is 4.79 Å². The molecule has 39 heavy (non-hydrogen) atoms. The molecule has 0 aliphatic heterocycles. The van der Waals surface area contributed by atoms with Crippen LogP contribution in [0.3, 0.4) is 0 Å². The Morgan fingerprint density at radius 2 is 0.846 bits per heavy atom. The Bertz CT molecular complexity index is 995. The van der Waals surface area contributed by atoms with Gasteiger partial charge in [0.1, 0.15) is 40.4 Å². The van der Waals surface area contributed by atoms with Gasteiger partial charge in [-0.25, -0.2) is 0 Å². The summed E-state index contributed by atoms with van der Waals surface area (Å²) in [4.78, 5) is 10.6. The molecule has 0 saturated heterocycles. The van der Waals surface area contributed by atoms with E-state index in [1.54, 1.807) is 21.3 Å². The molecule has 0 atom stereocenters. The van der Waals surface area contributed by atoms with Crippen molar-refractivity contribution in [3.8, 4) is 17.2 Å². The quantitative estimate of drug-likeness (QED) is 0.136. The molecular formula is C33H44O5P+. The molecule has 3 aromatic carbocycles. The van der Waals surface area contributed by atoms with Crippen molar-refractivity contribution in [2.45, 2.75) is 64.2 Å². The first-order valence-corrected chi connectivity index (χ1v) is 16.0. The van der Waals surface area contributed by atoms with Gasteiger partial charge in [0, 0.05) is 6.42 Å². The number of carboxylic acids is 1. The lowest BCUT2D eigenvalue weighted by Crippen LogP contribution is -2.33. The van der Waals surface area contributed by atoms with Crippen LogP contribution in [0.2, 0.25) is 0 Å². The van der Waals surface area contributed by atoms with Crippen molar-refractivity contribution in [2.75, 3.05) is 27.5 Å². The van der Waals surface area contributed by atoms with Gasteiger partial charge < -0.3 is 19.3 Å². The van der Waals surface area contributed by atoms with Crippen LogP contribution in [0.25, 0.3) is 0 Å². The summed E-state index contributed by atoms with van der Waals surface area (Å²) < 4.78 is 16.5. The van der Waals surface area contributed by atoms with Crippen LogP contribution in [0, 0.1) is 0 Å². The average Bonchev–Trinajstić information content (AvgIpc) is 2.98. The fraction of sp³-hybridized carbons (Fsp3) is 0.424. The number of carboxylic acid groups (broad SMARTS) is 1. The fourth-order valence-electron chi connectivity index (χ4n) is 5.21. The van der Waals surface area contributed by atoms with Crippen LogP contribution in [-0.2, 0) is 4.79 Å². The highest BCUT2D eigenvalue weighted by Gasteiger charge is 2.45. The lowest BCUT2D eigenvalue weighted by atomic mass is 10.1. The predicted octanol–water partition coefficient (Wildman–Crippen LogP) is 6.99. The van der Waals surface area contributed by atoms with Gasteiger partial charge in [0.2, 0.25) is 0 Å². The van der Waals surface area contributed by atoms with E-state index in [-0.39, 0.29) is 0 Å². The van der Waals surface area contributed by atoms with Crippen molar-refractivity contribution in [3.05, 3.63) is 72.8 Å². The standard InChI is InChI=1S/C33H43O5P/c1-36-27-14-20-30(21-15-27)39(31-22-16-28(37-2)17-23-31,32-24-18-29(38-3)19-25-32)26-12-10-8-6-4-5-7-9-11-13-33(34)35/h14-25H,4-13,26H2,1-3H3/p+1. The molecule has 0 heterocycles. The Kier molecular flexibility index (Phi) is 12.6. The maximum atomic E-state index is 10.6. The van der Waals surface area contributed by atoms with E-state index in [4.69, 9.17) is 19.3 Å². The highest BCUT2D eigenvalue weighted by Crippen LogP contribution is 2.56. The van der Waals surface area contributed by atoms with Crippen LogP contribution in [0.4, 0.5) is 0 Å². The third kappa shape index (κ3) is 8.73. The second-order valence-corrected chi connectivity index (χ2v) is 13.6. The van der Waals surface area contributed by atoms with Crippen molar-refractivity contribution in [2.24, 2.45) is 0 Å². The topological polar surface area (TPSA) is 65.0 Å². The van der Waals surface area contributed by atoms with Gasteiger partial charge in [0.15, 0.2) is 0 Å². The normalized spacial score (nSPS) is 11.3. The van der Waals surface area contributed by atoms with Gasteiger partial charge in [0.25, 0.3) is 0 Å². The number of methoxy groups -OCH3 is 3. The van der Waals surface area contributed by atoms with Crippen molar-refractivity contribution in [3.63, 3.8) is 0 Å². The Morgan fingerprint density at radius 1 is 0.538 bits per heavy atom. The summed E-state index contributed by atoms with van der Waals surface area (Å²) in [6.45, 7) is 0. The van der Waals surface area contributed by atoms with Gasteiger partial charge >= 0.3 is 5.97 Å². The van der Waals surface area contributed by atoms with E-state index in [0.29, 0.717) is 6.42 Å². The van der Waals surface area contributed by atoms with Gasteiger partial charge in [-0.15, -0.1) is 0 Å². The van der Waals surface area contributed by atoms with E-state index in [0.717, 1.165) is 49.1 Å². The van der Waals surface area contributed by atoms with Gasteiger partial charge in [-0.1, -0.05) is 38.5 Å². The molecule has 0 spiro atoms. The number of benzene rings is 3. The van der Waals surface area contributed by atoms with E-state index >= 15 is 0 Å². The molecule has 3 rings (SSSR count). The third-order valence-corrected chi connectivity index (χ3v) is 11.9. The minimum atomic E-state index is -1.94. The maximum absolute atomic E-state index is 10.6. The molecule has 0 aliphatic rings. The Labute approximate surface area is 234 Å². The van der Waals surface area contributed by atoms with Crippen LogP contribution in [0.15, 0.2) is 72.8 Å². The van der Waals surface area contributed by atoms with Crippen LogP contribution >= 0.6 is 7.26 Å². The molecule has 0 aliphatic carbocycles. The molecule has 0 saturated carbocycles. The summed E-state index contributed by atoms with van der Waals surface area (Å²) in [6, 6.07) is 25.9. The number of unbranched alkanes of at least 4 members (excludes halogenated alkanes) is 8. The molecule has 0 fully saturated rings. The zero-order valence-electron chi connectivity index (χ0n) is 23.7. The average molecular weight is 552 g/mol. The van der Waals surface area contributed by atoms with Crippen LogP contribution < -0.4 is 30.1 Å². The molecule has 0 aromatic heterocycles. The molecule has 0 amide bonds. The van der Waals surface area contributed by atoms with Crippen LogP contribution in [0.1, 0.15) is 64.2 Å². The zero-order chi connectivity index (χ0) is 27.9. The first-order valence-electron chi connectivity index (χ1n) is 14.1. The Hall–Kier alpha value is -3.04. The minimum Gasteiger partial charge on any atom is -0.497 e. The van der Waals surface area contributed by atoms with Gasteiger partial charge in [-0.3, -0.25) is 4.79 Å². The molecule has 210 valence electrons. The number of aliphatic carboxylic acids is 1. The van der Waals surface area contributed by atoms with E-state index in [1.807, 2.05) is 0 Å². The Balaban J connectivity index is 1.77.